The zero-order chi connectivity index (χ0) is 14.0. The number of rotatable bonds is 2. The molecule has 3 heteroatoms. The molecule has 0 spiro atoms. The zero-order valence-electron chi connectivity index (χ0n) is 12.3. The Bertz CT molecular complexity index is 481. The molecule has 0 bridgehead atoms. The van der Waals surface area contributed by atoms with Gasteiger partial charge in [-0.3, -0.25) is 4.99 Å². The van der Waals surface area contributed by atoms with Gasteiger partial charge in [-0.15, -0.1) is 0 Å². The van der Waals surface area contributed by atoms with E-state index in [1.807, 2.05) is 37.3 Å². The molecule has 20 heavy (non-hydrogen) atoms. The lowest BCUT2D eigenvalue weighted by Crippen LogP contribution is -2.46. The highest BCUT2D eigenvalue weighted by Gasteiger charge is 2.40. The first-order valence-corrected chi connectivity index (χ1v) is 7.77. The normalized spacial score (nSPS) is 26.2. The molecule has 1 aromatic carbocycles. The Hall–Kier alpha value is -1.35. The average Bonchev–Trinajstić information content (AvgIpc) is 2.71. The van der Waals surface area contributed by atoms with Crippen LogP contribution in [0.3, 0.4) is 0 Å². The van der Waals surface area contributed by atoms with Gasteiger partial charge >= 0.3 is 0 Å². The molecular weight excluding hydrogens is 248 g/mol. The van der Waals surface area contributed by atoms with Crippen molar-refractivity contribution in [3.63, 3.8) is 0 Å². The molecule has 2 atom stereocenters. The average molecular weight is 272 g/mol. The quantitative estimate of drug-likeness (QED) is 0.898. The maximum Gasteiger partial charge on any atom is 0.105 e. The van der Waals surface area contributed by atoms with Crippen molar-refractivity contribution in [1.29, 1.82) is 0 Å². The molecule has 108 valence electrons. The molecule has 2 heterocycles. The van der Waals surface area contributed by atoms with Crippen molar-refractivity contribution in [1.82, 2.24) is 4.90 Å². The summed E-state index contributed by atoms with van der Waals surface area (Å²) in [6, 6.07) is 10.1. The van der Waals surface area contributed by atoms with Crippen LogP contribution in [0, 0.1) is 5.92 Å². The molecule has 1 N–H and O–H groups in total. The number of hydrogen-bond acceptors (Lipinski definition) is 3. The summed E-state index contributed by atoms with van der Waals surface area (Å²) in [6.07, 6.45) is 4.55. The summed E-state index contributed by atoms with van der Waals surface area (Å²) in [5.41, 5.74) is 0.167. The van der Waals surface area contributed by atoms with E-state index in [0.29, 0.717) is 0 Å². The highest BCUT2D eigenvalue weighted by Crippen LogP contribution is 2.36. The first-order chi connectivity index (χ1) is 9.69. The highest BCUT2D eigenvalue weighted by molar-refractivity contribution is 5.86. The van der Waals surface area contributed by atoms with Gasteiger partial charge < -0.3 is 10.0 Å². The molecular formula is C17H24N2O. The van der Waals surface area contributed by atoms with Crippen LogP contribution in [0.5, 0.6) is 0 Å². The SMILES string of the molecule is CC(O)(c1ccccc1)C1CCCCN2CCCN=C12. The fourth-order valence-corrected chi connectivity index (χ4v) is 3.52. The Morgan fingerprint density at radius 1 is 1.15 bits per heavy atom. The molecule has 2 aliphatic heterocycles. The number of hydrogen-bond donors (Lipinski definition) is 1. The number of benzene rings is 1. The molecule has 1 fully saturated rings. The smallest absolute Gasteiger partial charge is 0.105 e. The summed E-state index contributed by atoms with van der Waals surface area (Å²) in [5.74, 6) is 1.26. The zero-order valence-corrected chi connectivity index (χ0v) is 12.3. The molecule has 0 aliphatic carbocycles. The van der Waals surface area contributed by atoms with Gasteiger partial charge in [0.2, 0.25) is 0 Å². The minimum Gasteiger partial charge on any atom is -0.385 e. The minimum absolute atomic E-state index is 0.118. The number of aliphatic imine (C=N–C) groups is 1. The Morgan fingerprint density at radius 3 is 2.70 bits per heavy atom. The molecule has 0 aromatic heterocycles. The fraction of sp³-hybridized carbons (Fsp3) is 0.588. The minimum atomic E-state index is -0.833. The summed E-state index contributed by atoms with van der Waals surface area (Å²) >= 11 is 0. The predicted molar refractivity (Wildman–Crippen MR) is 81.8 cm³/mol. The van der Waals surface area contributed by atoms with Crippen LogP contribution in [0.15, 0.2) is 35.3 Å². The van der Waals surface area contributed by atoms with E-state index in [0.717, 1.165) is 43.9 Å². The molecule has 2 aliphatic rings. The van der Waals surface area contributed by atoms with E-state index in [4.69, 9.17) is 4.99 Å². The van der Waals surface area contributed by atoms with E-state index < -0.39 is 5.60 Å². The lowest BCUT2D eigenvalue weighted by Gasteiger charge is -2.39. The number of amidine groups is 1. The monoisotopic (exact) mass is 272 g/mol. The summed E-state index contributed by atoms with van der Waals surface area (Å²) < 4.78 is 0. The van der Waals surface area contributed by atoms with Gasteiger partial charge in [0.25, 0.3) is 0 Å². The van der Waals surface area contributed by atoms with Crippen LogP contribution >= 0.6 is 0 Å². The van der Waals surface area contributed by atoms with Crippen molar-refractivity contribution in [2.75, 3.05) is 19.6 Å². The van der Waals surface area contributed by atoms with E-state index in [1.54, 1.807) is 0 Å². The lowest BCUT2D eigenvalue weighted by molar-refractivity contribution is 0.0147. The van der Waals surface area contributed by atoms with Crippen LogP contribution < -0.4 is 0 Å². The van der Waals surface area contributed by atoms with Gasteiger partial charge in [0.05, 0.1) is 5.60 Å². The van der Waals surface area contributed by atoms with E-state index >= 15 is 0 Å². The topological polar surface area (TPSA) is 35.8 Å². The lowest BCUT2D eigenvalue weighted by atomic mass is 9.79. The predicted octanol–water partition coefficient (Wildman–Crippen LogP) is 2.80. The Kier molecular flexibility index (Phi) is 3.79. The van der Waals surface area contributed by atoms with Crippen molar-refractivity contribution in [2.24, 2.45) is 10.9 Å². The third-order valence-corrected chi connectivity index (χ3v) is 4.70. The standard InChI is InChI=1S/C17H24N2O/c1-17(20,14-8-3-2-4-9-14)15-10-5-6-12-19-13-7-11-18-16(15)19/h2-4,8-9,15,20H,5-7,10-13H2,1H3. The van der Waals surface area contributed by atoms with Gasteiger partial charge in [0, 0.05) is 25.6 Å². The molecule has 1 aromatic rings. The fourth-order valence-electron chi connectivity index (χ4n) is 3.52. The van der Waals surface area contributed by atoms with Crippen molar-refractivity contribution >= 4 is 5.84 Å². The van der Waals surface area contributed by atoms with Crippen LogP contribution in [0.25, 0.3) is 0 Å². The van der Waals surface area contributed by atoms with Crippen LogP contribution in [-0.2, 0) is 5.60 Å². The second-order valence-electron chi connectivity index (χ2n) is 6.14. The van der Waals surface area contributed by atoms with Gasteiger partial charge in [-0.1, -0.05) is 36.8 Å². The second-order valence-corrected chi connectivity index (χ2v) is 6.14. The molecule has 1 saturated heterocycles. The third-order valence-electron chi connectivity index (χ3n) is 4.70. The Balaban J connectivity index is 1.95. The van der Waals surface area contributed by atoms with E-state index in [-0.39, 0.29) is 5.92 Å². The van der Waals surface area contributed by atoms with Crippen LogP contribution in [0.2, 0.25) is 0 Å². The van der Waals surface area contributed by atoms with Crippen molar-refractivity contribution in [3.8, 4) is 0 Å². The van der Waals surface area contributed by atoms with Gasteiger partial charge in [0.1, 0.15) is 5.84 Å². The van der Waals surface area contributed by atoms with Gasteiger partial charge in [0.15, 0.2) is 0 Å². The summed E-state index contributed by atoms with van der Waals surface area (Å²) in [5, 5.41) is 11.2. The first-order valence-electron chi connectivity index (χ1n) is 7.77. The molecule has 0 radical (unpaired) electrons. The molecule has 2 unspecified atom stereocenters. The third kappa shape index (κ3) is 2.47. The summed E-state index contributed by atoms with van der Waals surface area (Å²) in [4.78, 5) is 7.17. The van der Waals surface area contributed by atoms with Gasteiger partial charge in [-0.2, -0.15) is 0 Å². The van der Waals surface area contributed by atoms with Crippen LogP contribution in [0.4, 0.5) is 0 Å². The largest absolute Gasteiger partial charge is 0.385 e. The van der Waals surface area contributed by atoms with Crippen LogP contribution in [0.1, 0.15) is 38.2 Å². The molecule has 0 amide bonds. The van der Waals surface area contributed by atoms with Crippen molar-refractivity contribution in [2.45, 2.75) is 38.2 Å². The maximum absolute atomic E-state index is 11.2. The summed E-state index contributed by atoms with van der Waals surface area (Å²) in [6.45, 7) is 5.06. The first kappa shape index (κ1) is 13.6. The summed E-state index contributed by atoms with van der Waals surface area (Å²) in [7, 11) is 0. The van der Waals surface area contributed by atoms with E-state index in [9.17, 15) is 5.11 Å². The van der Waals surface area contributed by atoms with Crippen LogP contribution in [-0.4, -0.2) is 35.5 Å². The maximum atomic E-state index is 11.2. The van der Waals surface area contributed by atoms with Crippen molar-refractivity contribution < 1.29 is 5.11 Å². The molecule has 3 nitrogen and oxygen atoms in total. The van der Waals surface area contributed by atoms with E-state index in [2.05, 4.69) is 4.90 Å². The molecule has 3 rings (SSSR count). The number of fused-ring (bicyclic) bond motifs is 1. The second kappa shape index (κ2) is 5.57. The van der Waals surface area contributed by atoms with E-state index in [1.165, 1.54) is 12.8 Å². The number of aliphatic hydroxyl groups is 1. The van der Waals surface area contributed by atoms with Gasteiger partial charge in [-0.25, -0.2) is 0 Å². The Labute approximate surface area is 121 Å². The molecule has 0 saturated carbocycles. The Morgan fingerprint density at radius 2 is 1.90 bits per heavy atom. The number of nitrogens with zero attached hydrogens (tertiary/aromatic N) is 2. The van der Waals surface area contributed by atoms with Crippen molar-refractivity contribution in [3.05, 3.63) is 35.9 Å². The highest BCUT2D eigenvalue weighted by atomic mass is 16.3. The van der Waals surface area contributed by atoms with Gasteiger partial charge in [-0.05, 0) is 31.7 Å².